The van der Waals surface area contributed by atoms with Crippen LogP contribution in [0.4, 0.5) is 0 Å². The minimum atomic E-state index is -0.420. The number of carbonyl (C=O) groups is 1. The van der Waals surface area contributed by atoms with Crippen LogP contribution in [-0.4, -0.2) is 75.2 Å². The number of benzene rings is 2. The van der Waals surface area contributed by atoms with Gasteiger partial charge in [-0.1, -0.05) is 12.1 Å². The zero-order valence-electron chi connectivity index (χ0n) is 23.5. The molecule has 0 radical (unpaired) electrons. The highest BCUT2D eigenvalue weighted by Gasteiger charge is 2.67. The minimum Gasteiger partial charge on any atom is -0.493 e. The Morgan fingerprint density at radius 3 is 2.71 bits per heavy atom. The summed E-state index contributed by atoms with van der Waals surface area (Å²) in [5, 5.41) is 3.57. The first-order chi connectivity index (χ1) is 20.0. The van der Waals surface area contributed by atoms with E-state index in [1.54, 1.807) is 20.4 Å². The van der Waals surface area contributed by atoms with E-state index in [0.717, 1.165) is 53.8 Å². The Kier molecular flexibility index (Phi) is 6.60. The van der Waals surface area contributed by atoms with E-state index in [4.69, 9.17) is 23.7 Å². The number of hydrogen-bond acceptors (Lipinski definition) is 8. The average molecular weight is 558 g/mol. The van der Waals surface area contributed by atoms with Crippen LogP contribution in [0.5, 0.6) is 17.2 Å². The number of nitrogens with zero attached hydrogens (tertiary/aromatic N) is 2. The third kappa shape index (κ3) is 4.62. The second-order valence-electron chi connectivity index (χ2n) is 11.3. The van der Waals surface area contributed by atoms with Crippen molar-refractivity contribution in [3.63, 3.8) is 0 Å². The van der Waals surface area contributed by atoms with Gasteiger partial charge in [0.25, 0.3) is 5.91 Å². The van der Waals surface area contributed by atoms with Gasteiger partial charge in [0.05, 0.1) is 32.4 Å². The lowest BCUT2D eigenvalue weighted by molar-refractivity contribution is -0.182. The number of methoxy groups -OCH3 is 1. The monoisotopic (exact) mass is 557 g/mol. The first-order valence-corrected chi connectivity index (χ1v) is 14.4. The van der Waals surface area contributed by atoms with Crippen LogP contribution in [0.2, 0.25) is 0 Å². The zero-order chi connectivity index (χ0) is 28.0. The van der Waals surface area contributed by atoms with Crippen LogP contribution in [-0.2, 0) is 15.9 Å². The summed E-state index contributed by atoms with van der Waals surface area (Å²) < 4.78 is 30.5. The maximum atomic E-state index is 12.3. The Hall–Kier alpha value is -3.66. The average Bonchev–Trinajstić information content (AvgIpc) is 3.51. The summed E-state index contributed by atoms with van der Waals surface area (Å²) in [6.45, 7) is 4.45. The van der Waals surface area contributed by atoms with Gasteiger partial charge in [0, 0.05) is 55.2 Å². The van der Waals surface area contributed by atoms with Crippen LogP contribution in [0, 0.1) is 5.41 Å². The first-order valence-electron chi connectivity index (χ1n) is 14.4. The van der Waals surface area contributed by atoms with Crippen molar-refractivity contribution in [2.75, 3.05) is 53.6 Å². The summed E-state index contributed by atoms with van der Waals surface area (Å²) in [5.74, 6) is 2.33. The van der Waals surface area contributed by atoms with Gasteiger partial charge in [0.1, 0.15) is 18.1 Å². The maximum Gasteiger partial charge on any atom is 0.251 e. The third-order valence-corrected chi connectivity index (χ3v) is 8.89. The number of allylic oxidation sites excluding steroid dienone is 1. The van der Waals surface area contributed by atoms with Gasteiger partial charge in [-0.2, -0.15) is 0 Å². The number of carbonyl (C=O) groups excluding carboxylic acids is 1. The van der Waals surface area contributed by atoms with Crippen LogP contribution >= 0.6 is 0 Å². The molecule has 2 aromatic carbocycles. The van der Waals surface area contributed by atoms with Crippen molar-refractivity contribution in [2.45, 2.75) is 31.5 Å². The van der Waals surface area contributed by atoms with E-state index in [-0.39, 0.29) is 11.3 Å². The molecule has 2 spiro atoms. The summed E-state index contributed by atoms with van der Waals surface area (Å²) in [4.78, 5) is 19.3. The SMILES string of the molecule is CNC(=O)c1cccc2c1CCC(Oc1ccnc3cc(OCCN4CC5(CC5)C5(C4)OCCO5)c(OC)cc13)=C2. The first kappa shape index (κ1) is 26.3. The van der Waals surface area contributed by atoms with Crippen molar-refractivity contribution in [1.82, 2.24) is 15.2 Å². The van der Waals surface area contributed by atoms with Gasteiger partial charge >= 0.3 is 0 Å². The largest absolute Gasteiger partial charge is 0.493 e. The molecule has 9 nitrogen and oxygen atoms in total. The molecule has 9 heteroatoms. The van der Waals surface area contributed by atoms with Gasteiger partial charge < -0.3 is 29.0 Å². The fourth-order valence-electron chi connectivity index (χ4n) is 6.62. The lowest BCUT2D eigenvalue weighted by Crippen LogP contribution is -2.41. The van der Waals surface area contributed by atoms with Crippen molar-refractivity contribution < 1.29 is 28.5 Å². The van der Waals surface area contributed by atoms with Crippen LogP contribution < -0.4 is 19.5 Å². The van der Waals surface area contributed by atoms with Crippen LogP contribution in [0.3, 0.4) is 0 Å². The smallest absolute Gasteiger partial charge is 0.251 e. The lowest BCUT2D eigenvalue weighted by atomic mass is 9.91. The number of likely N-dealkylation sites (tertiary alicyclic amines) is 1. The normalized spacial score (nSPS) is 20.2. The van der Waals surface area contributed by atoms with Crippen LogP contribution in [0.25, 0.3) is 17.0 Å². The van der Waals surface area contributed by atoms with Crippen LogP contribution in [0.1, 0.15) is 40.7 Å². The maximum absolute atomic E-state index is 12.3. The third-order valence-electron chi connectivity index (χ3n) is 8.89. The van der Waals surface area contributed by atoms with Gasteiger partial charge in [-0.15, -0.1) is 0 Å². The number of hydrogen-bond donors (Lipinski definition) is 1. The van der Waals surface area contributed by atoms with Gasteiger partial charge in [-0.05, 0) is 54.7 Å². The molecule has 2 saturated heterocycles. The quantitative estimate of drug-likeness (QED) is 0.441. The molecule has 0 unspecified atom stereocenters. The molecule has 4 aliphatic rings. The van der Waals surface area contributed by atoms with Gasteiger partial charge in [0.15, 0.2) is 17.3 Å². The van der Waals surface area contributed by atoms with Crippen molar-refractivity contribution >= 4 is 22.9 Å². The molecule has 0 atom stereocenters. The van der Waals surface area contributed by atoms with E-state index >= 15 is 0 Å². The van der Waals surface area contributed by atoms with E-state index in [2.05, 4.69) is 15.2 Å². The van der Waals surface area contributed by atoms with E-state index in [1.807, 2.05) is 42.5 Å². The molecule has 1 saturated carbocycles. The molecule has 7 rings (SSSR count). The number of aromatic nitrogens is 1. The van der Waals surface area contributed by atoms with Gasteiger partial charge in [-0.3, -0.25) is 14.7 Å². The molecule has 214 valence electrons. The fourth-order valence-corrected chi connectivity index (χ4v) is 6.62. The van der Waals surface area contributed by atoms with Crippen molar-refractivity contribution in [1.29, 1.82) is 0 Å². The predicted octanol–water partition coefficient (Wildman–Crippen LogP) is 4.19. The highest BCUT2D eigenvalue weighted by atomic mass is 16.7. The van der Waals surface area contributed by atoms with E-state index < -0.39 is 5.79 Å². The summed E-state index contributed by atoms with van der Waals surface area (Å²) in [7, 11) is 3.30. The molecule has 1 aromatic heterocycles. The molecular formula is C32H35N3O6. The Labute approximate surface area is 239 Å². The number of ether oxygens (including phenoxy) is 5. The molecule has 1 N–H and O–H groups in total. The molecule has 41 heavy (non-hydrogen) atoms. The van der Waals surface area contributed by atoms with Crippen molar-refractivity contribution in [2.24, 2.45) is 5.41 Å². The molecule has 2 aliphatic heterocycles. The van der Waals surface area contributed by atoms with E-state index in [1.165, 1.54) is 12.8 Å². The van der Waals surface area contributed by atoms with Crippen molar-refractivity contribution in [3.05, 3.63) is 65.0 Å². The second-order valence-corrected chi connectivity index (χ2v) is 11.3. The molecule has 1 amide bonds. The Morgan fingerprint density at radius 2 is 1.93 bits per heavy atom. The summed E-state index contributed by atoms with van der Waals surface area (Å²) >= 11 is 0. The Bertz CT molecular complexity index is 1530. The molecule has 2 aliphatic carbocycles. The lowest BCUT2D eigenvalue weighted by Gasteiger charge is -2.28. The molecule has 0 bridgehead atoms. The molecule has 3 heterocycles. The molecular weight excluding hydrogens is 522 g/mol. The molecule has 3 fully saturated rings. The highest BCUT2D eigenvalue weighted by Crippen LogP contribution is 2.61. The molecule has 3 aromatic rings. The number of rotatable bonds is 8. The summed E-state index contributed by atoms with van der Waals surface area (Å²) in [5.41, 5.74) is 3.68. The Balaban J connectivity index is 1.07. The second kappa shape index (κ2) is 10.3. The summed E-state index contributed by atoms with van der Waals surface area (Å²) in [6, 6.07) is 11.5. The highest BCUT2D eigenvalue weighted by molar-refractivity contribution is 5.96. The summed E-state index contributed by atoms with van der Waals surface area (Å²) in [6.07, 6.45) is 7.52. The minimum absolute atomic E-state index is 0.0714. The van der Waals surface area contributed by atoms with Crippen molar-refractivity contribution in [3.8, 4) is 17.2 Å². The standard InChI is InChI=1S/C32H35N3O6/c1-33-30(36)24-5-3-4-21-16-22(6-7-23(21)24)41-27-8-11-34-26-18-29(28(37-2)17-25(26)27)38-13-12-35-19-31(9-10-31)32(20-35)39-14-15-40-32/h3-5,8,11,16-18H,6-7,9-10,12-15,19-20H2,1-2H3,(H,33,36). The number of amides is 1. The topological polar surface area (TPSA) is 91.4 Å². The fraction of sp³-hybridized carbons (Fsp3) is 0.438. The van der Waals surface area contributed by atoms with E-state index in [9.17, 15) is 4.79 Å². The van der Waals surface area contributed by atoms with Gasteiger partial charge in [-0.25, -0.2) is 0 Å². The van der Waals surface area contributed by atoms with Gasteiger partial charge in [0.2, 0.25) is 0 Å². The van der Waals surface area contributed by atoms with E-state index in [0.29, 0.717) is 49.1 Å². The number of fused-ring (bicyclic) bond motifs is 3. The number of nitrogens with one attached hydrogen (secondary N) is 1. The Morgan fingerprint density at radius 1 is 1.07 bits per heavy atom. The van der Waals surface area contributed by atoms with Crippen LogP contribution in [0.15, 0.2) is 48.4 Å². The predicted molar refractivity (Wildman–Crippen MR) is 153 cm³/mol. The zero-order valence-corrected chi connectivity index (χ0v) is 23.5. The number of pyridine rings is 1.